The van der Waals surface area contributed by atoms with E-state index < -0.39 is 0 Å². The topological polar surface area (TPSA) is 51.2 Å². The molecule has 1 amide bonds. The first kappa shape index (κ1) is 17.9. The summed E-state index contributed by atoms with van der Waals surface area (Å²) in [5.41, 5.74) is 3.88. The highest BCUT2D eigenvalue weighted by Crippen LogP contribution is 2.50. The van der Waals surface area contributed by atoms with Crippen molar-refractivity contribution in [3.05, 3.63) is 66.2 Å². The normalized spacial score (nSPS) is 11.5. The molecule has 1 heterocycles. The van der Waals surface area contributed by atoms with Gasteiger partial charge in [0, 0.05) is 16.7 Å². The standard InChI is InChI=1S/C24H20N2O2S/c1-2-3-14-28-17-12-10-16(11-13-17)23(27)26-24-25-21-18-8-4-6-15-7-5-9-19(20(15)18)22(21)29-24/h4-13H,2-3,14H2,1H3,(H,25,26,27). The van der Waals surface area contributed by atoms with Crippen LogP contribution in [0.25, 0.3) is 32.5 Å². The van der Waals surface area contributed by atoms with Crippen LogP contribution in [0.15, 0.2) is 60.7 Å². The van der Waals surface area contributed by atoms with Gasteiger partial charge in [-0.05, 0) is 41.5 Å². The molecule has 1 N–H and O–H groups in total. The number of ether oxygens (including phenoxy) is 1. The fourth-order valence-corrected chi connectivity index (χ4v) is 4.68. The molecule has 0 saturated carbocycles. The molecule has 0 radical (unpaired) electrons. The zero-order valence-electron chi connectivity index (χ0n) is 16.1. The molecular formula is C24H20N2O2S. The number of carbonyl (C=O) groups excluding carboxylic acids is 1. The summed E-state index contributed by atoms with van der Waals surface area (Å²) in [6.45, 7) is 2.82. The van der Waals surface area contributed by atoms with Gasteiger partial charge in [-0.25, -0.2) is 4.98 Å². The lowest BCUT2D eigenvalue weighted by Crippen LogP contribution is -2.11. The van der Waals surface area contributed by atoms with Gasteiger partial charge >= 0.3 is 0 Å². The number of rotatable bonds is 6. The molecule has 5 rings (SSSR count). The van der Waals surface area contributed by atoms with Gasteiger partial charge in [-0.1, -0.05) is 61.1 Å². The van der Waals surface area contributed by atoms with Crippen molar-refractivity contribution in [3.8, 4) is 27.4 Å². The van der Waals surface area contributed by atoms with Gasteiger partial charge in [0.15, 0.2) is 5.13 Å². The number of fused-ring (bicyclic) bond motifs is 3. The third kappa shape index (κ3) is 3.17. The van der Waals surface area contributed by atoms with Crippen molar-refractivity contribution in [2.75, 3.05) is 11.9 Å². The van der Waals surface area contributed by atoms with E-state index in [9.17, 15) is 4.79 Å². The fraction of sp³-hybridized carbons (Fsp3) is 0.167. The van der Waals surface area contributed by atoms with Crippen molar-refractivity contribution < 1.29 is 9.53 Å². The van der Waals surface area contributed by atoms with Crippen molar-refractivity contribution in [3.63, 3.8) is 0 Å². The van der Waals surface area contributed by atoms with E-state index in [0.717, 1.165) is 34.7 Å². The van der Waals surface area contributed by atoms with E-state index in [1.54, 1.807) is 12.1 Å². The number of amides is 1. The van der Waals surface area contributed by atoms with Crippen molar-refractivity contribution in [1.29, 1.82) is 0 Å². The molecule has 29 heavy (non-hydrogen) atoms. The summed E-state index contributed by atoms with van der Waals surface area (Å²) in [5.74, 6) is 0.622. The Morgan fingerprint density at radius 2 is 1.79 bits per heavy atom. The molecule has 4 nitrogen and oxygen atoms in total. The summed E-state index contributed by atoms with van der Waals surface area (Å²) in [7, 11) is 0. The average Bonchev–Trinajstić information content (AvgIpc) is 3.28. The van der Waals surface area contributed by atoms with E-state index >= 15 is 0 Å². The molecule has 3 aromatic carbocycles. The van der Waals surface area contributed by atoms with E-state index in [4.69, 9.17) is 9.72 Å². The zero-order chi connectivity index (χ0) is 19.8. The van der Waals surface area contributed by atoms with Crippen LogP contribution >= 0.6 is 11.3 Å². The summed E-state index contributed by atoms with van der Waals surface area (Å²) in [4.78, 5) is 18.5. The number of hydrogen-bond donors (Lipinski definition) is 1. The molecule has 5 heteroatoms. The van der Waals surface area contributed by atoms with Gasteiger partial charge in [0.25, 0.3) is 5.91 Å². The Hall–Kier alpha value is -3.18. The van der Waals surface area contributed by atoms with Gasteiger partial charge in [0.2, 0.25) is 0 Å². The van der Waals surface area contributed by atoms with Crippen molar-refractivity contribution in [1.82, 2.24) is 4.98 Å². The SMILES string of the molecule is CCCCOc1ccc(C(=O)Nc2nc3c(s2)-c2cccc4cccc-3c24)cc1. The van der Waals surface area contributed by atoms with Crippen LogP contribution in [0.4, 0.5) is 5.13 Å². The molecule has 1 aliphatic rings. The Kier molecular flexibility index (Phi) is 4.52. The molecule has 0 saturated heterocycles. The first-order valence-corrected chi connectivity index (χ1v) is 10.6. The molecule has 1 aliphatic carbocycles. The third-order valence-electron chi connectivity index (χ3n) is 5.14. The minimum Gasteiger partial charge on any atom is -0.494 e. The third-order valence-corrected chi connectivity index (χ3v) is 6.14. The fourth-order valence-electron chi connectivity index (χ4n) is 3.67. The quantitative estimate of drug-likeness (QED) is 0.337. The molecule has 0 spiro atoms. The van der Waals surface area contributed by atoms with E-state index in [1.807, 2.05) is 12.1 Å². The highest BCUT2D eigenvalue weighted by atomic mass is 32.1. The van der Waals surface area contributed by atoms with Crippen molar-refractivity contribution in [2.24, 2.45) is 0 Å². The molecule has 0 aliphatic heterocycles. The second-order valence-electron chi connectivity index (χ2n) is 7.09. The maximum Gasteiger partial charge on any atom is 0.257 e. The lowest BCUT2D eigenvalue weighted by Gasteiger charge is -2.06. The number of anilines is 1. The highest BCUT2D eigenvalue weighted by Gasteiger charge is 2.26. The van der Waals surface area contributed by atoms with E-state index in [2.05, 4.69) is 48.6 Å². The van der Waals surface area contributed by atoms with Crippen LogP contribution in [0, 0.1) is 0 Å². The van der Waals surface area contributed by atoms with Gasteiger partial charge in [-0.3, -0.25) is 10.1 Å². The average molecular weight is 401 g/mol. The second-order valence-corrected chi connectivity index (χ2v) is 8.09. The van der Waals surface area contributed by atoms with Crippen LogP contribution < -0.4 is 10.1 Å². The zero-order valence-corrected chi connectivity index (χ0v) is 16.9. The largest absolute Gasteiger partial charge is 0.494 e. The smallest absolute Gasteiger partial charge is 0.257 e. The molecule has 1 aromatic heterocycles. The Morgan fingerprint density at radius 1 is 1.03 bits per heavy atom. The first-order chi connectivity index (χ1) is 14.2. The first-order valence-electron chi connectivity index (χ1n) is 9.82. The lowest BCUT2D eigenvalue weighted by molar-refractivity contribution is 0.102. The number of thiazole rings is 1. The van der Waals surface area contributed by atoms with Crippen LogP contribution in [-0.2, 0) is 0 Å². The molecule has 144 valence electrons. The second kappa shape index (κ2) is 7.33. The maximum absolute atomic E-state index is 12.7. The summed E-state index contributed by atoms with van der Waals surface area (Å²) in [6, 6.07) is 19.8. The minimum atomic E-state index is -0.163. The number of nitrogens with zero attached hydrogens (tertiary/aromatic N) is 1. The summed E-state index contributed by atoms with van der Waals surface area (Å²) >= 11 is 1.52. The van der Waals surface area contributed by atoms with E-state index in [0.29, 0.717) is 17.3 Å². The predicted molar refractivity (Wildman–Crippen MR) is 119 cm³/mol. The summed E-state index contributed by atoms with van der Waals surface area (Å²) in [6.07, 6.45) is 2.12. The van der Waals surface area contributed by atoms with Crippen LogP contribution in [0.1, 0.15) is 30.1 Å². The van der Waals surface area contributed by atoms with Crippen molar-refractivity contribution in [2.45, 2.75) is 19.8 Å². The van der Waals surface area contributed by atoms with Gasteiger partial charge in [0.05, 0.1) is 17.2 Å². The van der Waals surface area contributed by atoms with Crippen LogP contribution in [0.2, 0.25) is 0 Å². The maximum atomic E-state index is 12.7. The summed E-state index contributed by atoms with van der Waals surface area (Å²) < 4.78 is 5.66. The highest BCUT2D eigenvalue weighted by molar-refractivity contribution is 7.20. The van der Waals surface area contributed by atoms with Crippen molar-refractivity contribution >= 4 is 33.1 Å². The molecule has 0 fully saturated rings. The molecule has 0 bridgehead atoms. The lowest BCUT2D eigenvalue weighted by atomic mass is 10.0. The van der Waals surface area contributed by atoms with Gasteiger partial charge in [-0.2, -0.15) is 0 Å². The van der Waals surface area contributed by atoms with E-state index in [1.165, 1.54) is 27.7 Å². The Balaban J connectivity index is 1.36. The van der Waals surface area contributed by atoms with Crippen LogP contribution in [-0.4, -0.2) is 17.5 Å². The Labute approximate surface area is 173 Å². The van der Waals surface area contributed by atoms with Gasteiger partial charge in [0.1, 0.15) is 5.75 Å². The molecule has 0 unspecified atom stereocenters. The Morgan fingerprint density at radius 3 is 2.55 bits per heavy atom. The monoisotopic (exact) mass is 400 g/mol. The molecular weight excluding hydrogens is 380 g/mol. The molecule has 0 atom stereocenters. The number of nitrogens with one attached hydrogen (secondary N) is 1. The Bertz CT molecular complexity index is 1160. The van der Waals surface area contributed by atoms with Crippen LogP contribution in [0.5, 0.6) is 5.75 Å². The molecule has 4 aromatic rings. The van der Waals surface area contributed by atoms with Crippen LogP contribution in [0.3, 0.4) is 0 Å². The van der Waals surface area contributed by atoms with Gasteiger partial charge in [-0.15, -0.1) is 0 Å². The predicted octanol–water partition coefficient (Wildman–Crippen LogP) is 6.37. The van der Waals surface area contributed by atoms with Gasteiger partial charge < -0.3 is 4.74 Å². The number of benzene rings is 3. The number of aromatic nitrogens is 1. The summed E-state index contributed by atoms with van der Waals surface area (Å²) in [5, 5.41) is 6.04. The number of unbranched alkanes of at least 4 members (excludes halogenated alkanes) is 1. The van der Waals surface area contributed by atoms with E-state index in [-0.39, 0.29) is 5.91 Å². The number of hydrogen-bond acceptors (Lipinski definition) is 4. The minimum absolute atomic E-state index is 0.163. The number of carbonyl (C=O) groups is 1.